The first-order valence-corrected chi connectivity index (χ1v) is 8.74. The normalized spacial score (nSPS) is 12.7. The van der Waals surface area contributed by atoms with Crippen molar-refractivity contribution in [3.8, 4) is 11.4 Å². The Morgan fingerprint density at radius 3 is 2.52 bits per heavy atom. The molecule has 0 N–H and O–H groups in total. The fourth-order valence-corrected chi connectivity index (χ4v) is 3.39. The number of rotatable bonds is 3. The van der Waals surface area contributed by atoms with Gasteiger partial charge in [0.15, 0.2) is 11.4 Å². The molecule has 27 heavy (non-hydrogen) atoms. The molecule has 1 aliphatic heterocycles. The van der Waals surface area contributed by atoms with Gasteiger partial charge in [0.25, 0.3) is 11.5 Å². The summed E-state index contributed by atoms with van der Waals surface area (Å²) in [7, 11) is 1.43. The number of amides is 1. The number of aryl methyl sites for hydroxylation is 1. The van der Waals surface area contributed by atoms with Crippen molar-refractivity contribution in [2.75, 3.05) is 18.6 Å². The van der Waals surface area contributed by atoms with Gasteiger partial charge in [0.05, 0.1) is 18.9 Å². The molecule has 0 saturated carbocycles. The molecule has 1 aromatic heterocycles. The van der Waals surface area contributed by atoms with Crippen LogP contribution >= 0.6 is 0 Å². The summed E-state index contributed by atoms with van der Waals surface area (Å²) in [5.41, 5.74) is 3.30. The SMILES string of the molecule is COc1cc(=O)n(-c2ccccc2C)nc1C(=O)N1CCc2ccccc21. The highest BCUT2D eigenvalue weighted by atomic mass is 16.5. The molecule has 3 aromatic rings. The summed E-state index contributed by atoms with van der Waals surface area (Å²) in [6.07, 6.45) is 0.793. The second-order valence-corrected chi connectivity index (χ2v) is 6.43. The number of hydrogen-bond donors (Lipinski definition) is 0. The standard InChI is InChI=1S/C21H19N3O3/c1-14-7-3-5-9-16(14)24-19(25)13-18(27-2)20(22-24)21(26)23-12-11-15-8-4-6-10-17(15)23/h3-10,13H,11-12H2,1-2H3. The van der Waals surface area contributed by atoms with Crippen molar-refractivity contribution in [1.82, 2.24) is 9.78 Å². The van der Waals surface area contributed by atoms with Gasteiger partial charge in [0.1, 0.15) is 0 Å². The van der Waals surface area contributed by atoms with Gasteiger partial charge < -0.3 is 9.64 Å². The summed E-state index contributed by atoms with van der Waals surface area (Å²) in [5, 5.41) is 4.38. The van der Waals surface area contributed by atoms with Crippen molar-refractivity contribution in [2.45, 2.75) is 13.3 Å². The van der Waals surface area contributed by atoms with Crippen LogP contribution in [0, 0.1) is 6.92 Å². The van der Waals surface area contributed by atoms with E-state index < -0.39 is 0 Å². The van der Waals surface area contributed by atoms with E-state index in [0.29, 0.717) is 12.2 Å². The number of benzene rings is 2. The number of methoxy groups -OCH3 is 1. The molecule has 0 fully saturated rings. The second kappa shape index (κ2) is 6.72. The Labute approximate surface area is 156 Å². The third-order valence-electron chi connectivity index (χ3n) is 4.80. The topological polar surface area (TPSA) is 64.4 Å². The van der Waals surface area contributed by atoms with E-state index in [-0.39, 0.29) is 22.9 Å². The lowest BCUT2D eigenvalue weighted by molar-refractivity contribution is 0.0979. The summed E-state index contributed by atoms with van der Waals surface area (Å²) in [5.74, 6) is -0.0988. The first-order chi connectivity index (χ1) is 13.1. The molecule has 4 rings (SSSR count). The molecule has 136 valence electrons. The summed E-state index contributed by atoms with van der Waals surface area (Å²) in [4.78, 5) is 27.5. The largest absolute Gasteiger partial charge is 0.494 e. The van der Waals surface area contributed by atoms with Crippen molar-refractivity contribution in [1.29, 1.82) is 0 Å². The molecule has 0 aliphatic carbocycles. The van der Waals surface area contributed by atoms with E-state index in [2.05, 4.69) is 5.10 Å². The molecule has 0 saturated heterocycles. The minimum Gasteiger partial charge on any atom is -0.494 e. The minimum atomic E-state index is -0.348. The molecule has 6 nitrogen and oxygen atoms in total. The van der Waals surface area contributed by atoms with Gasteiger partial charge in [0, 0.05) is 12.2 Å². The Kier molecular flexibility index (Phi) is 4.24. The van der Waals surface area contributed by atoms with Crippen LogP contribution in [0.4, 0.5) is 5.69 Å². The molecule has 2 aromatic carbocycles. The van der Waals surface area contributed by atoms with Gasteiger partial charge in [-0.3, -0.25) is 9.59 Å². The number of anilines is 1. The molecule has 0 unspecified atom stereocenters. The van der Waals surface area contributed by atoms with E-state index in [1.54, 1.807) is 11.0 Å². The third-order valence-corrected chi connectivity index (χ3v) is 4.80. The molecule has 2 heterocycles. The van der Waals surface area contributed by atoms with Crippen LogP contribution in [-0.2, 0) is 6.42 Å². The summed E-state index contributed by atoms with van der Waals surface area (Å²) in [6, 6.07) is 16.5. The van der Waals surface area contributed by atoms with Crippen molar-refractivity contribution in [3.05, 3.63) is 81.8 Å². The van der Waals surface area contributed by atoms with Crippen molar-refractivity contribution in [2.24, 2.45) is 0 Å². The van der Waals surface area contributed by atoms with Crippen LogP contribution in [0.3, 0.4) is 0 Å². The fourth-order valence-electron chi connectivity index (χ4n) is 3.39. The maximum atomic E-state index is 13.2. The molecule has 0 spiro atoms. The summed E-state index contributed by atoms with van der Waals surface area (Å²) in [6.45, 7) is 2.47. The first kappa shape index (κ1) is 17.0. The Morgan fingerprint density at radius 1 is 1.07 bits per heavy atom. The Morgan fingerprint density at radius 2 is 1.78 bits per heavy atom. The molecule has 0 radical (unpaired) electrons. The van der Waals surface area contributed by atoms with E-state index in [9.17, 15) is 9.59 Å². The average molecular weight is 361 g/mol. The number of carbonyl (C=O) groups is 1. The smallest absolute Gasteiger partial charge is 0.282 e. The predicted molar refractivity (Wildman–Crippen MR) is 103 cm³/mol. The van der Waals surface area contributed by atoms with Gasteiger partial charge in [-0.25, -0.2) is 0 Å². The predicted octanol–water partition coefficient (Wildman–Crippen LogP) is 2.75. The second-order valence-electron chi connectivity index (χ2n) is 6.43. The highest BCUT2D eigenvalue weighted by Gasteiger charge is 2.29. The lowest BCUT2D eigenvalue weighted by Crippen LogP contribution is -2.33. The number of nitrogens with zero attached hydrogens (tertiary/aromatic N) is 3. The zero-order valence-electron chi connectivity index (χ0n) is 15.2. The van der Waals surface area contributed by atoms with Gasteiger partial charge in [-0.15, -0.1) is 0 Å². The van der Waals surface area contributed by atoms with Gasteiger partial charge in [-0.05, 0) is 36.6 Å². The summed E-state index contributed by atoms with van der Waals surface area (Å²) < 4.78 is 6.55. The monoisotopic (exact) mass is 361 g/mol. The van der Waals surface area contributed by atoms with Crippen LogP contribution < -0.4 is 15.2 Å². The van der Waals surface area contributed by atoms with Crippen LogP contribution in [0.25, 0.3) is 5.69 Å². The fraction of sp³-hybridized carbons (Fsp3) is 0.190. The number of fused-ring (bicyclic) bond motifs is 1. The Balaban J connectivity index is 1.83. The number of para-hydroxylation sites is 2. The van der Waals surface area contributed by atoms with Crippen molar-refractivity contribution < 1.29 is 9.53 Å². The summed E-state index contributed by atoms with van der Waals surface area (Å²) >= 11 is 0. The highest BCUT2D eigenvalue weighted by Crippen LogP contribution is 2.30. The van der Waals surface area contributed by atoms with Crippen LogP contribution in [-0.4, -0.2) is 29.3 Å². The zero-order valence-corrected chi connectivity index (χ0v) is 15.2. The quantitative estimate of drug-likeness (QED) is 0.720. The van der Waals surface area contributed by atoms with Crippen LogP contribution in [0.15, 0.2) is 59.4 Å². The van der Waals surface area contributed by atoms with E-state index in [0.717, 1.165) is 23.2 Å². The van der Waals surface area contributed by atoms with E-state index in [1.807, 2.05) is 49.4 Å². The number of hydrogen-bond acceptors (Lipinski definition) is 4. The Hall–Kier alpha value is -3.41. The van der Waals surface area contributed by atoms with Crippen molar-refractivity contribution in [3.63, 3.8) is 0 Å². The van der Waals surface area contributed by atoms with Gasteiger partial charge in [0.2, 0.25) is 0 Å². The maximum Gasteiger partial charge on any atom is 0.282 e. The lowest BCUT2D eigenvalue weighted by atomic mass is 10.2. The molecular formula is C21H19N3O3. The number of ether oxygens (including phenoxy) is 1. The Bertz CT molecular complexity index is 1090. The third kappa shape index (κ3) is 2.89. The van der Waals surface area contributed by atoms with Gasteiger partial charge in [-0.2, -0.15) is 9.78 Å². The number of aromatic nitrogens is 2. The first-order valence-electron chi connectivity index (χ1n) is 8.74. The van der Waals surface area contributed by atoms with Crippen LogP contribution in [0.1, 0.15) is 21.6 Å². The number of carbonyl (C=O) groups excluding carboxylic acids is 1. The van der Waals surface area contributed by atoms with Gasteiger partial charge in [-0.1, -0.05) is 36.4 Å². The van der Waals surface area contributed by atoms with Crippen LogP contribution in [0.5, 0.6) is 5.75 Å². The molecule has 1 aliphatic rings. The van der Waals surface area contributed by atoms with E-state index >= 15 is 0 Å². The van der Waals surface area contributed by atoms with Gasteiger partial charge >= 0.3 is 0 Å². The molecule has 1 amide bonds. The van der Waals surface area contributed by atoms with Crippen molar-refractivity contribution >= 4 is 11.6 Å². The minimum absolute atomic E-state index is 0.122. The lowest BCUT2D eigenvalue weighted by Gasteiger charge is -2.19. The van der Waals surface area contributed by atoms with E-state index in [4.69, 9.17) is 4.74 Å². The molecule has 0 atom stereocenters. The average Bonchev–Trinajstić information content (AvgIpc) is 3.12. The maximum absolute atomic E-state index is 13.2. The highest BCUT2D eigenvalue weighted by molar-refractivity contribution is 6.07. The molecular weight excluding hydrogens is 342 g/mol. The van der Waals surface area contributed by atoms with E-state index in [1.165, 1.54) is 17.9 Å². The molecule has 6 heteroatoms. The van der Waals surface area contributed by atoms with Crippen LogP contribution in [0.2, 0.25) is 0 Å². The molecule has 0 bridgehead atoms. The zero-order chi connectivity index (χ0) is 19.0.